The van der Waals surface area contributed by atoms with Gasteiger partial charge in [0.2, 0.25) is 5.91 Å². The smallest absolute Gasteiger partial charge is 0.324 e. The number of amides is 1. The molecule has 0 radical (unpaired) electrons. The Morgan fingerprint density at radius 3 is 2.17 bits per heavy atom. The van der Waals surface area contributed by atoms with Gasteiger partial charge in [0.05, 0.1) is 11.1 Å². The maximum Gasteiger partial charge on any atom is 0.416 e. The predicted molar refractivity (Wildman–Crippen MR) is 88.6 cm³/mol. The van der Waals surface area contributed by atoms with Crippen LogP contribution in [0.15, 0.2) is 40.5 Å². The topological polar surface area (TPSA) is 81.8 Å². The molecule has 0 bridgehead atoms. The number of thiophene rings is 1. The van der Waals surface area contributed by atoms with Gasteiger partial charge in [-0.25, -0.2) is 4.79 Å². The minimum atomic E-state index is -5.05. The molecule has 1 N–H and O–H groups in total. The number of nitrogens with one attached hydrogen (secondary N) is 1. The second kappa shape index (κ2) is 7.35. The molecular formula is C15H9F6N5O2S. The van der Waals surface area contributed by atoms with Crippen LogP contribution in [0.4, 0.5) is 32.0 Å². The van der Waals surface area contributed by atoms with Crippen molar-refractivity contribution in [3.8, 4) is 5.00 Å². The van der Waals surface area contributed by atoms with Gasteiger partial charge in [0.15, 0.2) is 0 Å². The zero-order chi connectivity index (χ0) is 21.4. The first kappa shape index (κ1) is 20.6. The summed E-state index contributed by atoms with van der Waals surface area (Å²) in [4.78, 5) is 24.2. The highest BCUT2D eigenvalue weighted by molar-refractivity contribution is 7.12. The molecule has 0 aliphatic carbocycles. The number of alkyl halides is 6. The molecule has 0 aliphatic rings. The van der Waals surface area contributed by atoms with Crippen LogP contribution in [0, 0.1) is 0 Å². The molecule has 1 amide bonds. The molecule has 2 aromatic heterocycles. The Kier molecular flexibility index (Phi) is 5.21. The molecule has 3 rings (SSSR count). The maximum absolute atomic E-state index is 12.9. The first-order chi connectivity index (χ1) is 13.4. The highest BCUT2D eigenvalue weighted by Crippen LogP contribution is 2.37. The molecule has 1 aromatic carbocycles. The van der Waals surface area contributed by atoms with E-state index >= 15 is 0 Å². The van der Waals surface area contributed by atoms with Crippen molar-refractivity contribution in [3.05, 3.63) is 57.3 Å². The summed E-state index contributed by atoms with van der Waals surface area (Å²) in [6.07, 6.45) is -10.1. The third-order valence-corrected chi connectivity index (χ3v) is 4.36. The lowest BCUT2D eigenvalue weighted by molar-refractivity contribution is -0.143. The van der Waals surface area contributed by atoms with E-state index in [1.807, 2.05) is 5.32 Å². The Balaban J connectivity index is 1.83. The summed E-state index contributed by atoms with van der Waals surface area (Å²) in [5, 5.41) is 11.0. The number of carbonyl (C=O) groups is 1. The van der Waals surface area contributed by atoms with E-state index in [2.05, 4.69) is 10.4 Å². The van der Waals surface area contributed by atoms with Crippen LogP contribution in [0.2, 0.25) is 0 Å². The molecule has 0 saturated carbocycles. The van der Waals surface area contributed by atoms with Crippen molar-refractivity contribution < 1.29 is 31.1 Å². The first-order valence-corrected chi connectivity index (χ1v) is 8.49. The van der Waals surface area contributed by atoms with Crippen molar-refractivity contribution in [2.24, 2.45) is 0 Å². The standard InChI is InChI=1S/C15H9F6N5O2S/c16-14(17,18)8-4-9(15(19,20)21)6-10(5-8)22-11(27)7-25-13(28)26(24-23-25)12-2-1-3-29-12/h1-6H,7H2,(H,22,27). The van der Waals surface area contributed by atoms with Gasteiger partial charge in [-0.15, -0.1) is 11.3 Å². The number of anilines is 1. The van der Waals surface area contributed by atoms with E-state index in [4.69, 9.17) is 0 Å². The quantitative estimate of drug-likeness (QED) is 0.636. The Morgan fingerprint density at radius 1 is 1.03 bits per heavy atom. The average Bonchev–Trinajstić information content (AvgIpc) is 3.23. The monoisotopic (exact) mass is 437 g/mol. The second-order valence-corrected chi connectivity index (χ2v) is 6.55. The highest BCUT2D eigenvalue weighted by Gasteiger charge is 2.37. The minimum absolute atomic E-state index is 0.0627. The fraction of sp³-hybridized carbons (Fsp3) is 0.200. The molecule has 29 heavy (non-hydrogen) atoms. The van der Waals surface area contributed by atoms with Crippen molar-refractivity contribution in [3.63, 3.8) is 0 Å². The van der Waals surface area contributed by atoms with Gasteiger partial charge in [0.1, 0.15) is 11.5 Å². The van der Waals surface area contributed by atoms with Crippen molar-refractivity contribution in [2.45, 2.75) is 18.9 Å². The Morgan fingerprint density at radius 2 is 1.66 bits per heavy atom. The van der Waals surface area contributed by atoms with E-state index in [9.17, 15) is 35.9 Å². The number of carbonyl (C=O) groups excluding carboxylic acids is 1. The van der Waals surface area contributed by atoms with Gasteiger partial charge >= 0.3 is 18.0 Å². The van der Waals surface area contributed by atoms with Gasteiger partial charge in [-0.05, 0) is 46.1 Å². The van der Waals surface area contributed by atoms with Crippen LogP contribution in [0.1, 0.15) is 11.1 Å². The Hall–Kier alpha value is -3.16. The van der Waals surface area contributed by atoms with Crippen LogP contribution in [0.5, 0.6) is 0 Å². The molecule has 0 spiro atoms. The van der Waals surface area contributed by atoms with Crippen molar-refractivity contribution in [2.75, 3.05) is 5.32 Å². The Bertz CT molecular complexity index is 1050. The van der Waals surface area contributed by atoms with Crippen LogP contribution in [0.3, 0.4) is 0 Å². The number of rotatable bonds is 4. The van der Waals surface area contributed by atoms with E-state index < -0.39 is 47.3 Å². The van der Waals surface area contributed by atoms with Crippen LogP contribution in [0.25, 0.3) is 5.00 Å². The van der Waals surface area contributed by atoms with Gasteiger partial charge < -0.3 is 5.32 Å². The number of hydrogen-bond donors (Lipinski definition) is 1. The molecule has 0 aliphatic heterocycles. The summed E-state index contributed by atoms with van der Waals surface area (Å²) in [5.74, 6) is -1.06. The van der Waals surface area contributed by atoms with Gasteiger partial charge in [0, 0.05) is 5.69 Å². The summed E-state index contributed by atoms with van der Waals surface area (Å²) in [6.45, 7) is -0.762. The summed E-state index contributed by atoms with van der Waals surface area (Å²) in [7, 11) is 0. The molecule has 2 heterocycles. The molecule has 7 nitrogen and oxygen atoms in total. The van der Waals surface area contributed by atoms with Crippen molar-refractivity contribution >= 4 is 22.9 Å². The van der Waals surface area contributed by atoms with Crippen LogP contribution in [-0.4, -0.2) is 25.7 Å². The summed E-state index contributed by atoms with van der Waals surface area (Å²) in [6, 6.07) is 3.86. The SMILES string of the molecule is O=C(Cn1nnn(-c2cccs2)c1=O)Nc1cc(C(F)(F)F)cc(C(F)(F)F)c1. The minimum Gasteiger partial charge on any atom is -0.324 e. The van der Waals surface area contributed by atoms with Crippen molar-refractivity contribution in [1.82, 2.24) is 19.8 Å². The van der Waals surface area contributed by atoms with Gasteiger partial charge in [-0.3, -0.25) is 4.79 Å². The predicted octanol–water partition coefficient (Wildman–Crippen LogP) is 3.17. The normalized spacial score (nSPS) is 12.2. The van der Waals surface area contributed by atoms with E-state index in [-0.39, 0.29) is 6.07 Å². The largest absolute Gasteiger partial charge is 0.416 e. The van der Waals surface area contributed by atoms with E-state index in [0.29, 0.717) is 21.8 Å². The van der Waals surface area contributed by atoms with E-state index in [0.717, 1.165) is 4.68 Å². The van der Waals surface area contributed by atoms with E-state index in [1.54, 1.807) is 17.5 Å². The van der Waals surface area contributed by atoms with Crippen LogP contribution in [-0.2, 0) is 23.7 Å². The third-order valence-electron chi connectivity index (χ3n) is 3.52. The molecule has 0 fully saturated rings. The summed E-state index contributed by atoms with van der Waals surface area (Å²) >= 11 is 1.17. The first-order valence-electron chi connectivity index (χ1n) is 7.61. The Labute approximate surface area is 161 Å². The average molecular weight is 437 g/mol. The molecule has 14 heteroatoms. The van der Waals surface area contributed by atoms with Crippen LogP contribution < -0.4 is 11.0 Å². The molecule has 3 aromatic rings. The lowest BCUT2D eigenvalue weighted by Crippen LogP contribution is -2.29. The second-order valence-electron chi connectivity index (χ2n) is 5.62. The number of aromatic nitrogens is 4. The highest BCUT2D eigenvalue weighted by atomic mass is 32.1. The lowest BCUT2D eigenvalue weighted by Gasteiger charge is -2.14. The van der Waals surface area contributed by atoms with Gasteiger partial charge in [0.25, 0.3) is 0 Å². The lowest BCUT2D eigenvalue weighted by atomic mass is 10.1. The number of tetrazole rings is 1. The number of nitrogens with zero attached hydrogens (tertiary/aromatic N) is 4. The number of halogens is 6. The number of hydrogen-bond acceptors (Lipinski definition) is 5. The molecular weight excluding hydrogens is 428 g/mol. The fourth-order valence-corrected chi connectivity index (χ4v) is 2.93. The maximum atomic E-state index is 12.9. The zero-order valence-electron chi connectivity index (χ0n) is 14.0. The third kappa shape index (κ3) is 4.64. The van der Waals surface area contributed by atoms with Gasteiger partial charge in [-0.1, -0.05) is 0 Å². The number of benzene rings is 1. The molecule has 0 atom stereocenters. The molecule has 0 saturated heterocycles. The van der Waals surface area contributed by atoms with Crippen LogP contribution >= 0.6 is 11.3 Å². The summed E-state index contributed by atoms with van der Waals surface area (Å²) in [5.41, 5.74) is -4.69. The van der Waals surface area contributed by atoms with E-state index in [1.165, 1.54) is 11.3 Å². The fourth-order valence-electron chi connectivity index (χ4n) is 2.27. The van der Waals surface area contributed by atoms with Crippen molar-refractivity contribution in [1.29, 1.82) is 0 Å². The van der Waals surface area contributed by atoms with Gasteiger partial charge in [-0.2, -0.15) is 35.7 Å². The molecule has 154 valence electrons. The zero-order valence-corrected chi connectivity index (χ0v) is 14.8. The molecule has 0 unspecified atom stereocenters. The summed E-state index contributed by atoms with van der Waals surface area (Å²) < 4.78 is 78.7.